The van der Waals surface area contributed by atoms with Crippen LogP contribution in [-0.2, 0) is 4.74 Å². The maximum Gasteiger partial charge on any atom is 0.0466 e. The molecule has 0 aliphatic rings. The molecule has 0 aliphatic carbocycles. The zero-order valence-corrected chi connectivity index (χ0v) is 10.1. The molecule has 0 fully saturated rings. The highest BCUT2D eigenvalue weighted by molar-refractivity contribution is 4.59. The van der Waals surface area contributed by atoms with E-state index in [0.717, 1.165) is 26.2 Å². The van der Waals surface area contributed by atoms with Gasteiger partial charge in [-0.05, 0) is 45.6 Å². The van der Waals surface area contributed by atoms with Gasteiger partial charge in [0, 0.05) is 19.3 Å². The van der Waals surface area contributed by atoms with E-state index in [4.69, 9.17) is 4.74 Å². The van der Waals surface area contributed by atoms with Gasteiger partial charge in [0.15, 0.2) is 0 Å². The first kappa shape index (κ1) is 13.9. The molecular formula is C12H27NO. The van der Waals surface area contributed by atoms with Gasteiger partial charge in [-0.25, -0.2) is 0 Å². The first-order chi connectivity index (χ1) is 6.81. The second-order valence-corrected chi connectivity index (χ2v) is 3.96. The fourth-order valence-electron chi connectivity index (χ4n) is 1.39. The molecule has 86 valence electrons. The summed E-state index contributed by atoms with van der Waals surface area (Å²) < 4.78 is 5.43. The zero-order chi connectivity index (χ0) is 10.6. The quantitative estimate of drug-likeness (QED) is 0.549. The average molecular weight is 201 g/mol. The minimum Gasteiger partial charge on any atom is -0.381 e. The summed E-state index contributed by atoms with van der Waals surface area (Å²) in [4.78, 5) is 0. The lowest BCUT2D eigenvalue weighted by molar-refractivity contribution is 0.130. The van der Waals surface area contributed by atoms with Crippen molar-refractivity contribution in [3.8, 4) is 0 Å². The van der Waals surface area contributed by atoms with Gasteiger partial charge in [-0.2, -0.15) is 0 Å². The largest absolute Gasteiger partial charge is 0.381 e. The Labute approximate surface area is 89.4 Å². The minimum atomic E-state index is 0.668. The highest BCUT2D eigenvalue weighted by Crippen LogP contribution is 2.01. The van der Waals surface area contributed by atoms with E-state index in [1.54, 1.807) is 0 Å². The van der Waals surface area contributed by atoms with Crippen molar-refractivity contribution in [1.82, 2.24) is 5.32 Å². The third-order valence-corrected chi connectivity index (χ3v) is 2.27. The van der Waals surface area contributed by atoms with E-state index in [-0.39, 0.29) is 0 Å². The molecule has 0 radical (unpaired) electrons. The van der Waals surface area contributed by atoms with Crippen molar-refractivity contribution in [3.05, 3.63) is 0 Å². The summed E-state index contributed by atoms with van der Waals surface area (Å²) in [6.45, 7) is 9.63. The summed E-state index contributed by atoms with van der Waals surface area (Å²) in [6, 6.07) is 0.668. The number of ether oxygens (including phenoxy) is 1. The molecule has 0 saturated carbocycles. The highest BCUT2D eigenvalue weighted by Gasteiger charge is 1.99. The fraction of sp³-hybridized carbons (Fsp3) is 1.00. The lowest BCUT2D eigenvalue weighted by Gasteiger charge is -2.12. The molecule has 0 heterocycles. The number of hydrogen-bond donors (Lipinski definition) is 1. The summed E-state index contributed by atoms with van der Waals surface area (Å²) >= 11 is 0. The van der Waals surface area contributed by atoms with Gasteiger partial charge in [0.1, 0.15) is 0 Å². The van der Waals surface area contributed by atoms with E-state index in [1.807, 2.05) is 0 Å². The third-order valence-electron chi connectivity index (χ3n) is 2.27. The second kappa shape index (κ2) is 11.0. The molecule has 0 spiro atoms. The van der Waals surface area contributed by atoms with Crippen molar-refractivity contribution < 1.29 is 4.74 Å². The number of hydrogen-bond acceptors (Lipinski definition) is 2. The van der Waals surface area contributed by atoms with Gasteiger partial charge in [0.2, 0.25) is 0 Å². The van der Waals surface area contributed by atoms with Crippen LogP contribution in [0.4, 0.5) is 0 Å². The van der Waals surface area contributed by atoms with Gasteiger partial charge in [0.25, 0.3) is 0 Å². The maximum absolute atomic E-state index is 5.43. The summed E-state index contributed by atoms with van der Waals surface area (Å²) in [5.41, 5.74) is 0. The second-order valence-electron chi connectivity index (χ2n) is 3.96. The van der Waals surface area contributed by atoms with Crippen LogP contribution in [0.1, 0.15) is 52.9 Å². The van der Waals surface area contributed by atoms with E-state index in [9.17, 15) is 0 Å². The van der Waals surface area contributed by atoms with Gasteiger partial charge in [-0.1, -0.05) is 13.8 Å². The van der Waals surface area contributed by atoms with Gasteiger partial charge in [-0.15, -0.1) is 0 Å². The average Bonchev–Trinajstić information content (AvgIpc) is 2.20. The first-order valence-electron chi connectivity index (χ1n) is 6.12. The van der Waals surface area contributed by atoms with Crippen molar-refractivity contribution in [1.29, 1.82) is 0 Å². The fourth-order valence-corrected chi connectivity index (χ4v) is 1.39. The molecule has 0 aromatic heterocycles. The highest BCUT2D eigenvalue weighted by atomic mass is 16.5. The van der Waals surface area contributed by atoms with Crippen LogP contribution in [0.3, 0.4) is 0 Å². The van der Waals surface area contributed by atoms with Gasteiger partial charge in [-0.3, -0.25) is 0 Å². The lowest BCUT2D eigenvalue weighted by atomic mass is 10.1. The molecule has 1 N–H and O–H groups in total. The topological polar surface area (TPSA) is 21.3 Å². The molecular weight excluding hydrogens is 174 g/mol. The van der Waals surface area contributed by atoms with E-state index in [0.29, 0.717) is 6.04 Å². The summed E-state index contributed by atoms with van der Waals surface area (Å²) in [5, 5.41) is 3.49. The SMILES string of the molecule is CCCNC(C)CCCCOCCC. The van der Waals surface area contributed by atoms with Crippen molar-refractivity contribution >= 4 is 0 Å². The number of rotatable bonds is 10. The molecule has 14 heavy (non-hydrogen) atoms. The Kier molecular flexibility index (Phi) is 10.9. The number of unbranched alkanes of at least 4 members (excludes halogenated alkanes) is 1. The van der Waals surface area contributed by atoms with Crippen LogP contribution < -0.4 is 5.32 Å². The van der Waals surface area contributed by atoms with E-state index in [1.165, 1.54) is 25.7 Å². The van der Waals surface area contributed by atoms with Crippen LogP contribution in [-0.4, -0.2) is 25.8 Å². The first-order valence-corrected chi connectivity index (χ1v) is 6.12. The zero-order valence-electron chi connectivity index (χ0n) is 10.1. The summed E-state index contributed by atoms with van der Waals surface area (Å²) in [5.74, 6) is 0. The Morgan fingerprint density at radius 2 is 1.86 bits per heavy atom. The van der Waals surface area contributed by atoms with Crippen molar-refractivity contribution in [2.75, 3.05) is 19.8 Å². The molecule has 1 atom stereocenters. The molecule has 0 aliphatic heterocycles. The van der Waals surface area contributed by atoms with Crippen LogP contribution in [0.25, 0.3) is 0 Å². The third kappa shape index (κ3) is 10.0. The normalized spacial score (nSPS) is 13.1. The predicted molar refractivity (Wildman–Crippen MR) is 62.7 cm³/mol. The summed E-state index contributed by atoms with van der Waals surface area (Å²) in [7, 11) is 0. The molecule has 0 saturated heterocycles. The number of nitrogens with one attached hydrogen (secondary N) is 1. The lowest BCUT2D eigenvalue weighted by Crippen LogP contribution is -2.26. The molecule has 1 unspecified atom stereocenters. The van der Waals surface area contributed by atoms with Gasteiger partial charge >= 0.3 is 0 Å². The van der Waals surface area contributed by atoms with E-state index >= 15 is 0 Å². The maximum atomic E-state index is 5.43. The van der Waals surface area contributed by atoms with Crippen LogP contribution >= 0.6 is 0 Å². The van der Waals surface area contributed by atoms with Crippen LogP contribution in [0.15, 0.2) is 0 Å². The Balaban J connectivity index is 3.02. The molecule has 0 rings (SSSR count). The van der Waals surface area contributed by atoms with Gasteiger partial charge < -0.3 is 10.1 Å². The molecule has 0 aromatic rings. The molecule has 0 amide bonds. The Bertz CT molecular complexity index is 106. The Morgan fingerprint density at radius 1 is 1.07 bits per heavy atom. The summed E-state index contributed by atoms with van der Waals surface area (Å²) in [6.07, 6.45) is 6.12. The molecule has 0 bridgehead atoms. The van der Waals surface area contributed by atoms with Crippen molar-refractivity contribution in [3.63, 3.8) is 0 Å². The Morgan fingerprint density at radius 3 is 2.50 bits per heavy atom. The Hall–Kier alpha value is -0.0800. The molecule has 2 heteroatoms. The van der Waals surface area contributed by atoms with Gasteiger partial charge in [0.05, 0.1) is 0 Å². The molecule has 2 nitrogen and oxygen atoms in total. The van der Waals surface area contributed by atoms with E-state index < -0.39 is 0 Å². The van der Waals surface area contributed by atoms with E-state index in [2.05, 4.69) is 26.1 Å². The monoisotopic (exact) mass is 201 g/mol. The predicted octanol–water partition coefficient (Wildman–Crippen LogP) is 2.97. The smallest absolute Gasteiger partial charge is 0.0466 e. The standard InChI is InChI=1S/C12H27NO/c1-4-9-13-12(3)8-6-7-11-14-10-5-2/h12-13H,4-11H2,1-3H3. The molecule has 0 aromatic carbocycles. The van der Waals surface area contributed by atoms with Crippen molar-refractivity contribution in [2.24, 2.45) is 0 Å². The van der Waals surface area contributed by atoms with Crippen LogP contribution in [0, 0.1) is 0 Å². The van der Waals surface area contributed by atoms with Crippen molar-refractivity contribution in [2.45, 2.75) is 58.9 Å². The minimum absolute atomic E-state index is 0.668. The van der Waals surface area contributed by atoms with Crippen LogP contribution in [0.2, 0.25) is 0 Å². The van der Waals surface area contributed by atoms with Crippen LogP contribution in [0.5, 0.6) is 0 Å².